The van der Waals surface area contributed by atoms with E-state index in [-0.39, 0.29) is 0 Å². The molecule has 0 amide bonds. The van der Waals surface area contributed by atoms with Crippen LogP contribution in [0.2, 0.25) is 10.0 Å². The summed E-state index contributed by atoms with van der Waals surface area (Å²) in [6, 6.07) is 29.7. The van der Waals surface area contributed by atoms with Gasteiger partial charge in [0.25, 0.3) is 0 Å². The molecular formula is C23H15Cl3O5. The molecule has 0 saturated carbocycles. The third kappa shape index (κ3) is 7.31. The van der Waals surface area contributed by atoms with Crippen molar-refractivity contribution in [3.8, 4) is 33.8 Å². The van der Waals surface area contributed by atoms with E-state index in [1.807, 2.05) is 66.7 Å². The van der Waals surface area contributed by atoms with E-state index in [2.05, 4.69) is 24.3 Å². The maximum absolute atomic E-state index is 8.49. The first-order valence-electron chi connectivity index (χ1n) is 8.86. The summed E-state index contributed by atoms with van der Waals surface area (Å²) in [6.07, 6.45) is 0. The fourth-order valence-electron chi connectivity index (χ4n) is 2.81. The van der Waals surface area contributed by atoms with Crippen LogP contribution < -0.4 is 18.6 Å². The van der Waals surface area contributed by atoms with Gasteiger partial charge in [-0.15, -0.1) is 10.2 Å². The minimum atomic E-state index is -4.94. The lowest BCUT2D eigenvalue weighted by Gasteiger charge is -2.17. The zero-order chi connectivity index (χ0) is 22.4. The van der Waals surface area contributed by atoms with Gasteiger partial charge in [-0.3, -0.25) is 0 Å². The van der Waals surface area contributed by atoms with Crippen LogP contribution in [0.5, 0.6) is 0 Å². The first kappa shape index (κ1) is 23.2. The molecular weight excluding hydrogens is 463 g/mol. The van der Waals surface area contributed by atoms with Gasteiger partial charge in [-0.25, -0.2) is 23.1 Å². The monoisotopic (exact) mass is 476 g/mol. The second-order valence-electron chi connectivity index (χ2n) is 6.33. The minimum absolute atomic E-state index is 0.700. The van der Waals surface area contributed by atoms with Gasteiger partial charge in [0.05, 0.1) is 23.3 Å². The lowest BCUT2D eigenvalue weighted by atomic mass is 10.0. The first-order chi connectivity index (χ1) is 14.7. The molecule has 0 unspecified atom stereocenters. The van der Waals surface area contributed by atoms with E-state index in [9.17, 15) is 0 Å². The van der Waals surface area contributed by atoms with Crippen LogP contribution >= 0.6 is 23.2 Å². The summed E-state index contributed by atoms with van der Waals surface area (Å²) in [7, 11) is -4.94. The maximum Gasteiger partial charge on any atom is 0.361 e. The van der Waals surface area contributed by atoms with E-state index >= 15 is 0 Å². The van der Waals surface area contributed by atoms with Crippen molar-refractivity contribution in [1.82, 2.24) is 0 Å². The van der Waals surface area contributed by atoms with E-state index < -0.39 is 10.2 Å². The lowest BCUT2D eigenvalue weighted by Crippen LogP contribution is -2.68. The Kier molecular flexibility index (Phi) is 7.64. The highest BCUT2D eigenvalue weighted by atomic mass is 35.7. The number of halogens is 3. The first-order valence-corrected chi connectivity index (χ1v) is 10.9. The van der Waals surface area contributed by atoms with Gasteiger partial charge in [-0.2, -0.15) is 0 Å². The van der Waals surface area contributed by atoms with Crippen LogP contribution in [0, 0.1) is 10.2 Å². The van der Waals surface area contributed by atoms with Crippen molar-refractivity contribution < 1.29 is 33.3 Å². The highest BCUT2D eigenvalue weighted by Crippen LogP contribution is 2.33. The summed E-state index contributed by atoms with van der Waals surface area (Å²) in [6.45, 7) is 0. The van der Waals surface area contributed by atoms with Crippen molar-refractivity contribution in [2.24, 2.45) is 0 Å². The van der Waals surface area contributed by atoms with Crippen molar-refractivity contribution in [2.45, 2.75) is 0 Å². The van der Waals surface area contributed by atoms with E-state index in [1.54, 1.807) is 0 Å². The van der Waals surface area contributed by atoms with Gasteiger partial charge < -0.3 is 0 Å². The molecule has 0 saturated heterocycles. The van der Waals surface area contributed by atoms with Gasteiger partial charge >= 0.3 is 11.5 Å². The van der Waals surface area contributed by atoms with Crippen molar-refractivity contribution in [1.29, 1.82) is 0 Å². The van der Waals surface area contributed by atoms with E-state index in [0.717, 1.165) is 33.8 Å². The molecule has 0 radical (unpaired) electrons. The molecule has 8 heteroatoms. The summed E-state index contributed by atoms with van der Waals surface area (Å²) in [4.78, 5) is 0. The molecule has 0 N–H and O–H groups in total. The van der Waals surface area contributed by atoms with Crippen molar-refractivity contribution >= 4 is 23.2 Å². The Labute approximate surface area is 191 Å². The predicted molar refractivity (Wildman–Crippen MR) is 109 cm³/mol. The lowest BCUT2D eigenvalue weighted by molar-refractivity contribution is -2.00. The second kappa shape index (κ2) is 10.2. The minimum Gasteiger partial charge on any atom is -0.222 e. The number of hydrogen-bond donors (Lipinski definition) is 0. The van der Waals surface area contributed by atoms with Crippen molar-refractivity contribution in [2.75, 3.05) is 0 Å². The third-order valence-electron chi connectivity index (χ3n) is 4.16. The Morgan fingerprint density at radius 3 is 1.29 bits per heavy atom. The number of hydrogen-bond acceptors (Lipinski definition) is 4. The largest absolute Gasteiger partial charge is 0.361 e. The second-order valence-corrected chi connectivity index (χ2v) is 7.96. The van der Waals surface area contributed by atoms with Crippen LogP contribution in [0.3, 0.4) is 0 Å². The summed E-state index contributed by atoms with van der Waals surface area (Å²) in [5.74, 6) is 1.57. The van der Waals surface area contributed by atoms with Gasteiger partial charge in [0, 0.05) is 15.6 Å². The van der Waals surface area contributed by atoms with Gasteiger partial charge in [0.2, 0.25) is 0 Å². The Morgan fingerprint density at radius 2 is 0.903 bits per heavy atom. The highest BCUT2D eigenvalue weighted by molar-refractivity contribution is 6.30. The van der Waals surface area contributed by atoms with Gasteiger partial charge in [0.15, 0.2) is 0 Å². The molecule has 1 heterocycles. The van der Waals surface area contributed by atoms with Gasteiger partial charge in [0.1, 0.15) is 0 Å². The van der Waals surface area contributed by atoms with Crippen LogP contribution in [0.4, 0.5) is 0 Å². The Balaban J connectivity index is 0.000000491. The summed E-state index contributed by atoms with van der Waals surface area (Å²) in [5, 5.41) is 1.40. The fraction of sp³-hybridized carbons (Fsp3) is 0. The smallest absolute Gasteiger partial charge is 0.222 e. The predicted octanol–water partition coefficient (Wildman–Crippen LogP) is 3.11. The molecule has 0 atom stereocenters. The molecule has 0 bridgehead atoms. The summed E-state index contributed by atoms with van der Waals surface area (Å²) in [5.41, 5.74) is 4.17. The van der Waals surface area contributed by atoms with Crippen LogP contribution in [0.25, 0.3) is 33.8 Å². The molecule has 4 aromatic rings. The maximum atomic E-state index is 8.49. The SMILES string of the molecule is Clc1ccc(-c2cc(-c3ccccc3)cc(-c3ccc(Cl)cc3)[o+]2)cc1.[O-][Cl+3]([O-])([O-])[O-]. The Morgan fingerprint density at radius 1 is 0.516 bits per heavy atom. The third-order valence-corrected chi connectivity index (χ3v) is 4.66. The van der Waals surface area contributed by atoms with Crippen LogP contribution in [0.1, 0.15) is 0 Å². The molecule has 0 aliphatic carbocycles. The van der Waals surface area contributed by atoms with Crippen molar-refractivity contribution in [3.63, 3.8) is 0 Å². The summed E-state index contributed by atoms with van der Waals surface area (Å²) < 4.78 is 40.2. The number of benzene rings is 3. The number of rotatable bonds is 3. The molecule has 0 aliphatic rings. The zero-order valence-corrected chi connectivity index (χ0v) is 18.1. The molecule has 1 aromatic heterocycles. The molecule has 0 fully saturated rings. The quantitative estimate of drug-likeness (QED) is 0.422. The molecule has 158 valence electrons. The molecule has 0 spiro atoms. The fourth-order valence-corrected chi connectivity index (χ4v) is 3.06. The molecule has 31 heavy (non-hydrogen) atoms. The van der Waals surface area contributed by atoms with E-state index in [0.29, 0.717) is 10.0 Å². The van der Waals surface area contributed by atoms with E-state index in [1.165, 1.54) is 0 Å². The van der Waals surface area contributed by atoms with Gasteiger partial charge in [-0.1, -0.05) is 53.5 Å². The van der Waals surface area contributed by atoms with Gasteiger partial charge in [-0.05, 0) is 54.1 Å². The Bertz CT molecular complexity index is 1060. The van der Waals surface area contributed by atoms with Crippen molar-refractivity contribution in [3.05, 3.63) is 101 Å². The standard InChI is InChI=1S/C23H15Cl2O.ClHO4/c24-20-10-6-17(7-11-20)22-14-19(16-4-2-1-3-5-16)15-23(26-22)18-8-12-21(25)13-9-18;2-1(3,4)5/h1-15H;(H,2,3,4,5)/q+1;/p-1. The van der Waals surface area contributed by atoms with E-state index in [4.69, 9.17) is 46.3 Å². The topological polar surface area (TPSA) is 104 Å². The normalized spacial score (nSPS) is 10.9. The molecule has 3 aromatic carbocycles. The summed E-state index contributed by atoms with van der Waals surface area (Å²) >= 11 is 12.1. The average Bonchev–Trinajstić information content (AvgIpc) is 2.74. The molecule has 4 rings (SSSR count). The van der Waals surface area contributed by atoms with Crippen LogP contribution in [0.15, 0.2) is 95.4 Å². The molecule has 5 nitrogen and oxygen atoms in total. The Hall–Kier alpha value is -2.48. The highest BCUT2D eigenvalue weighted by Gasteiger charge is 2.20. The zero-order valence-electron chi connectivity index (χ0n) is 15.8. The van der Waals surface area contributed by atoms with Crippen LogP contribution in [-0.2, 0) is 0 Å². The average molecular weight is 478 g/mol. The van der Waals surface area contributed by atoms with Crippen LogP contribution in [-0.4, -0.2) is 0 Å². The molecule has 0 aliphatic heterocycles.